The highest BCUT2D eigenvalue weighted by Gasteiger charge is 2.34. The summed E-state index contributed by atoms with van der Waals surface area (Å²) in [6.45, 7) is 3.22. The zero-order chi connectivity index (χ0) is 24.1. The molecule has 2 heterocycles. The van der Waals surface area contributed by atoms with Gasteiger partial charge in [0.25, 0.3) is 5.91 Å². The molecule has 0 saturated carbocycles. The van der Waals surface area contributed by atoms with Crippen LogP contribution < -0.4 is 4.74 Å². The van der Waals surface area contributed by atoms with Crippen LogP contribution in [0.1, 0.15) is 52.2 Å². The third-order valence-electron chi connectivity index (χ3n) is 6.22. The summed E-state index contributed by atoms with van der Waals surface area (Å²) in [5, 5.41) is 2.49. The number of ether oxygens (including phenoxy) is 1. The predicted octanol–water partition coefficient (Wildman–Crippen LogP) is 5.83. The van der Waals surface area contributed by atoms with Gasteiger partial charge in [0.2, 0.25) is 5.91 Å². The molecule has 1 aliphatic heterocycles. The highest BCUT2D eigenvalue weighted by molar-refractivity contribution is 7.10. The highest BCUT2D eigenvalue weighted by Crippen LogP contribution is 2.38. The van der Waals surface area contributed by atoms with Gasteiger partial charge < -0.3 is 14.5 Å². The molecular weight excluding hydrogens is 468 g/mol. The zero-order valence-electron chi connectivity index (χ0n) is 19.5. The minimum atomic E-state index is -0.207. The van der Waals surface area contributed by atoms with E-state index >= 15 is 0 Å². The largest absolute Gasteiger partial charge is 0.497 e. The third-order valence-corrected chi connectivity index (χ3v) is 7.54. The van der Waals surface area contributed by atoms with Crippen molar-refractivity contribution in [1.29, 1.82) is 0 Å². The Labute approximate surface area is 209 Å². The van der Waals surface area contributed by atoms with Crippen LogP contribution in [0.4, 0.5) is 0 Å². The molecule has 1 atom stereocenters. The normalized spacial score (nSPS) is 15.0. The van der Waals surface area contributed by atoms with E-state index in [4.69, 9.17) is 16.3 Å². The van der Waals surface area contributed by atoms with Crippen molar-refractivity contribution in [3.63, 3.8) is 0 Å². The van der Waals surface area contributed by atoms with E-state index in [0.29, 0.717) is 23.7 Å². The molecule has 178 valence electrons. The number of fused-ring (bicyclic) bond motifs is 1. The Bertz CT molecular complexity index is 1140. The molecule has 0 bridgehead atoms. The third kappa shape index (κ3) is 5.13. The maximum atomic E-state index is 13.7. The lowest BCUT2D eigenvalue weighted by molar-refractivity contribution is -0.134. The van der Waals surface area contributed by atoms with Crippen LogP contribution in [0.25, 0.3) is 0 Å². The van der Waals surface area contributed by atoms with Crippen molar-refractivity contribution in [2.75, 3.05) is 26.7 Å². The van der Waals surface area contributed by atoms with Gasteiger partial charge in [-0.1, -0.05) is 49.2 Å². The average Bonchev–Trinajstić information content (AvgIpc) is 3.35. The van der Waals surface area contributed by atoms with Crippen LogP contribution in [0.5, 0.6) is 5.75 Å². The molecule has 0 saturated heterocycles. The lowest BCUT2D eigenvalue weighted by Crippen LogP contribution is -2.47. The molecule has 1 aliphatic rings. The first-order chi connectivity index (χ1) is 16.5. The fraction of sp³-hybridized carbons (Fsp3) is 0.333. The van der Waals surface area contributed by atoms with Crippen LogP contribution in [-0.4, -0.2) is 48.4 Å². The van der Waals surface area contributed by atoms with E-state index in [1.165, 1.54) is 4.88 Å². The summed E-state index contributed by atoms with van der Waals surface area (Å²) in [6, 6.07) is 16.8. The summed E-state index contributed by atoms with van der Waals surface area (Å²) in [5.41, 5.74) is 2.62. The Hall–Kier alpha value is -2.83. The number of carbonyl (C=O) groups is 2. The summed E-state index contributed by atoms with van der Waals surface area (Å²) in [5.74, 6) is 0.509. The molecule has 4 rings (SSSR count). The summed E-state index contributed by atoms with van der Waals surface area (Å²) in [4.78, 5) is 31.9. The van der Waals surface area contributed by atoms with Crippen molar-refractivity contribution in [3.8, 4) is 5.75 Å². The van der Waals surface area contributed by atoms with E-state index < -0.39 is 0 Å². The van der Waals surface area contributed by atoms with Gasteiger partial charge in [-0.15, -0.1) is 11.3 Å². The Morgan fingerprint density at radius 3 is 2.62 bits per heavy atom. The quantitative estimate of drug-likeness (QED) is 0.394. The number of unbranched alkanes of at least 4 members (excludes halogenated alkanes) is 1. The molecule has 7 heteroatoms. The van der Waals surface area contributed by atoms with Gasteiger partial charge in [0.15, 0.2) is 0 Å². The smallest absolute Gasteiger partial charge is 0.255 e. The zero-order valence-corrected chi connectivity index (χ0v) is 21.1. The van der Waals surface area contributed by atoms with Crippen LogP contribution >= 0.6 is 22.9 Å². The fourth-order valence-corrected chi connectivity index (χ4v) is 5.51. The number of carbonyl (C=O) groups excluding carboxylic acids is 2. The van der Waals surface area contributed by atoms with E-state index in [0.717, 1.165) is 36.1 Å². The molecule has 0 N–H and O–H groups in total. The van der Waals surface area contributed by atoms with Gasteiger partial charge in [0.05, 0.1) is 23.7 Å². The van der Waals surface area contributed by atoms with Crippen LogP contribution in [0.15, 0.2) is 60.0 Å². The molecule has 2 aromatic carbocycles. The van der Waals surface area contributed by atoms with Gasteiger partial charge in [-0.05, 0) is 59.7 Å². The van der Waals surface area contributed by atoms with Gasteiger partial charge >= 0.3 is 0 Å². The Balaban J connectivity index is 1.62. The lowest BCUT2D eigenvalue weighted by atomic mass is 9.93. The van der Waals surface area contributed by atoms with Crippen molar-refractivity contribution in [1.82, 2.24) is 9.80 Å². The van der Waals surface area contributed by atoms with Gasteiger partial charge in [0.1, 0.15) is 12.3 Å². The minimum Gasteiger partial charge on any atom is -0.497 e. The Morgan fingerprint density at radius 2 is 1.91 bits per heavy atom. The molecular formula is C27H29ClN2O3S. The van der Waals surface area contributed by atoms with E-state index in [1.54, 1.807) is 47.6 Å². The molecule has 3 aromatic rings. The van der Waals surface area contributed by atoms with Crippen LogP contribution in [0.3, 0.4) is 0 Å². The van der Waals surface area contributed by atoms with Gasteiger partial charge in [-0.25, -0.2) is 0 Å². The summed E-state index contributed by atoms with van der Waals surface area (Å²) >= 11 is 8.03. The van der Waals surface area contributed by atoms with Gasteiger partial charge in [-0.2, -0.15) is 0 Å². The fourth-order valence-electron chi connectivity index (χ4n) is 4.39. The summed E-state index contributed by atoms with van der Waals surface area (Å²) in [7, 11) is 1.64. The molecule has 0 radical (unpaired) electrons. The number of benzene rings is 2. The monoisotopic (exact) mass is 496 g/mol. The number of halogens is 1. The molecule has 2 amide bonds. The van der Waals surface area contributed by atoms with Gasteiger partial charge in [-0.3, -0.25) is 9.59 Å². The standard InChI is InChI=1S/C27H29ClN2O3S/c1-3-4-15-29(27(32)21-7-5-6-8-23(21)28)18-25(31)30-16-13-24-22(14-17-34-24)26(30)19-9-11-20(33-2)12-10-19/h5-12,14,17,26H,3-4,13,15-16,18H2,1-2H3. The first-order valence-corrected chi connectivity index (χ1v) is 12.8. The lowest BCUT2D eigenvalue weighted by Gasteiger charge is -2.37. The van der Waals surface area contributed by atoms with E-state index in [2.05, 4.69) is 18.4 Å². The predicted molar refractivity (Wildman–Crippen MR) is 137 cm³/mol. The molecule has 5 nitrogen and oxygen atoms in total. The van der Waals surface area contributed by atoms with Gasteiger partial charge in [0, 0.05) is 18.0 Å². The van der Waals surface area contributed by atoms with Crippen molar-refractivity contribution < 1.29 is 14.3 Å². The number of amides is 2. The van der Waals surface area contributed by atoms with Crippen LogP contribution in [0, 0.1) is 0 Å². The van der Waals surface area contributed by atoms with E-state index in [1.807, 2.05) is 29.2 Å². The maximum absolute atomic E-state index is 13.7. The second-order valence-corrected chi connectivity index (χ2v) is 9.78. The number of thiophene rings is 1. The van der Waals surface area contributed by atoms with Crippen molar-refractivity contribution in [2.24, 2.45) is 0 Å². The van der Waals surface area contributed by atoms with Crippen molar-refractivity contribution >= 4 is 34.8 Å². The first kappa shape index (κ1) is 24.3. The molecule has 1 unspecified atom stereocenters. The summed E-state index contributed by atoms with van der Waals surface area (Å²) in [6.07, 6.45) is 2.57. The Morgan fingerprint density at radius 1 is 1.15 bits per heavy atom. The van der Waals surface area contributed by atoms with Crippen LogP contribution in [-0.2, 0) is 11.2 Å². The average molecular weight is 497 g/mol. The number of nitrogens with zero attached hydrogens (tertiary/aromatic N) is 2. The highest BCUT2D eigenvalue weighted by atomic mass is 35.5. The SMILES string of the molecule is CCCCN(CC(=O)N1CCc2sccc2C1c1ccc(OC)cc1)C(=O)c1ccccc1Cl. The van der Waals surface area contributed by atoms with Crippen molar-refractivity contribution in [2.45, 2.75) is 32.2 Å². The molecule has 0 fully saturated rings. The summed E-state index contributed by atoms with van der Waals surface area (Å²) < 4.78 is 5.32. The van der Waals surface area contributed by atoms with E-state index in [9.17, 15) is 9.59 Å². The minimum absolute atomic E-state index is 0.0240. The van der Waals surface area contributed by atoms with E-state index in [-0.39, 0.29) is 24.4 Å². The number of methoxy groups -OCH3 is 1. The molecule has 34 heavy (non-hydrogen) atoms. The second-order valence-electron chi connectivity index (χ2n) is 8.37. The van der Waals surface area contributed by atoms with Crippen LogP contribution in [0.2, 0.25) is 5.02 Å². The van der Waals surface area contributed by atoms with Crippen molar-refractivity contribution in [3.05, 3.63) is 86.6 Å². The topological polar surface area (TPSA) is 49.9 Å². The molecule has 1 aromatic heterocycles. The molecule has 0 aliphatic carbocycles. The number of hydrogen-bond donors (Lipinski definition) is 0. The molecule has 0 spiro atoms. The maximum Gasteiger partial charge on any atom is 0.255 e. The first-order valence-electron chi connectivity index (χ1n) is 11.6. The number of rotatable bonds is 8. The second kappa shape index (κ2) is 11.1. The number of hydrogen-bond acceptors (Lipinski definition) is 4. The Kier molecular flexibility index (Phi) is 7.91.